The number of aryl methyl sites for hydroxylation is 3. The van der Waals surface area contributed by atoms with Crippen molar-refractivity contribution in [3.63, 3.8) is 0 Å². The van der Waals surface area contributed by atoms with Crippen LogP contribution in [0.1, 0.15) is 40.8 Å². The third-order valence-corrected chi connectivity index (χ3v) is 5.94. The minimum atomic E-state index is -3.60. The second-order valence-corrected chi connectivity index (χ2v) is 9.04. The van der Waals surface area contributed by atoms with E-state index >= 15 is 0 Å². The van der Waals surface area contributed by atoms with Crippen LogP contribution in [0.4, 0.5) is 5.69 Å². The van der Waals surface area contributed by atoms with E-state index in [1.165, 1.54) is 4.31 Å². The van der Waals surface area contributed by atoms with Crippen molar-refractivity contribution in [2.24, 2.45) is 0 Å². The number of sulfonamides is 1. The predicted molar refractivity (Wildman–Crippen MR) is 111 cm³/mol. The molecule has 2 rings (SSSR count). The van der Waals surface area contributed by atoms with Gasteiger partial charge in [-0.3, -0.25) is 9.10 Å². The topological polar surface area (TPSA) is 66.5 Å². The molecule has 0 spiro atoms. The van der Waals surface area contributed by atoms with Gasteiger partial charge >= 0.3 is 0 Å². The van der Waals surface area contributed by atoms with Crippen LogP contribution in [0.15, 0.2) is 36.4 Å². The third kappa shape index (κ3) is 5.10. The van der Waals surface area contributed by atoms with E-state index in [2.05, 4.69) is 5.32 Å². The maximum absolute atomic E-state index is 12.6. The summed E-state index contributed by atoms with van der Waals surface area (Å²) in [5.41, 5.74) is 5.59. The van der Waals surface area contributed by atoms with E-state index in [0.29, 0.717) is 5.69 Å². The number of benzene rings is 2. The fourth-order valence-corrected chi connectivity index (χ4v) is 4.02. The number of hydrogen-bond acceptors (Lipinski definition) is 3. The molecular weight excluding hydrogens is 360 g/mol. The van der Waals surface area contributed by atoms with E-state index in [1.807, 2.05) is 58.9 Å². The number of carbonyl (C=O) groups is 1. The highest BCUT2D eigenvalue weighted by Gasteiger charge is 2.23. The van der Waals surface area contributed by atoms with Crippen molar-refractivity contribution in [3.05, 3.63) is 64.2 Å². The first kappa shape index (κ1) is 21.0. The molecule has 146 valence electrons. The van der Waals surface area contributed by atoms with Gasteiger partial charge < -0.3 is 5.32 Å². The molecule has 6 heteroatoms. The summed E-state index contributed by atoms with van der Waals surface area (Å²) in [5.74, 6) is -0.338. The average Bonchev–Trinajstić information content (AvgIpc) is 2.56. The maximum Gasteiger partial charge on any atom is 0.241 e. The molecule has 1 N–H and O–H groups in total. The van der Waals surface area contributed by atoms with Crippen molar-refractivity contribution in [3.8, 4) is 0 Å². The lowest BCUT2D eigenvalue weighted by molar-refractivity contribution is -0.120. The van der Waals surface area contributed by atoms with Gasteiger partial charge in [0.2, 0.25) is 15.9 Å². The quantitative estimate of drug-likeness (QED) is 0.823. The Kier molecular flexibility index (Phi) is 6.31. The van der Waals surface area contributed by atoms with Crippen LogP contribution in [0.2, 0.25) is 0 Å². The maximum atomic E-state index is 12.6. The van der Waals surface area contributed by atoms with Gasteiger partial charge in [0.05, 0.1) is 18.0 Å². The lowest BCUT2D eigenvalue weighted by Gasteiger charge is -2.25. The number of nitrogens with one attached hydrogen (secondary N) is 1. The van der Waals surface area contributed by atoms with Gasteiger partial charge in [-0.25, -0.2) is 8.42 Å². The average molecular weight is 389 g/mol. The van der Waals surface area contributed by atoms with Crippen molar-refractivity contribution in [1.82, 2.24) is 5.32 Å². The molecule has 27 heavy (non-hydrogen) atoms. The zero-order chi connectivity index (χ0) is 20.4. The monoisotopic (exact) mass is 388 g/mol. The summed E-state index contributed by atoms with van der Waals surface area (Å²) in [6, 6.07) is 11.3. The fourth-order valence-electron chi connectivity index (χ4n) is 3.11. The number of hydrogen-bond donors (Lipinski definition) is 1. The normalized spacial score (nSPS) is 12.5. The molecule has 1 unspecified atom stereocenters. The summed E-state index contributed by atoms with van der Waals surface area (Å²) >= 11 is 0. The zero-order valence-corrected chi connectivity index (χ0v) is 17.6. The second kappa shape index (κ2) is 8.13. The van der Waals surface area contributed by atoms with Gasteiger partial charge in [-0.1, -0.05) is 35.9 Å². The summed E-state index contributed by atoms with van der Waals surface area (Å²) in [5, 5.41) is 2.93. The molecule has 1 amide bonds. The molecular formula is C21H28N2O3S. The molecule has 0 aromatic heterocycles. The first-order valence-corrected chi connectivity index (χ1v) is 10.8. The van der Waals surface area contributed by atoms with Gasteiger partial charge in [-0.05, 0) is 62.9 Å². The van der Waals surface area contributed by atoms with E-state index in [-0.39, 0.29) is 18.5 Å². The Morgan fingerprint density at radius 1 is 1.07 bits per heavy atom. The highest BCUT2D eigenvalue weighted by molar-refractivity contribution is 7.92. The summed E-state index contributed by atoms with van der Waals surface area (Å²) < 4.78 is 25.8. The molecule has 0 fully saturated rings. The van der Waals surface area contributed by atoms with Crippen molar-refractivity contribution in [2.75, 3.05) is 17.1 Å². The molecule has 2 aromatic rings. The van der Waals surface area contributed by atoms with Crippen molar-refractivity contribution in [1.29, 1.82) is 0 Å². The molecule has 0 bridgehead atoms. The van der Waals surface area contributed by atoms with Crippen LogP contribution in [-0.2, 0) is 14.8 Å². The van der Waals surface area contributed by atoms with Gasteiger partial charge in [-0.2, -0.15) is 0 Å². The van der Waals surface area contributed by atoms with E-state index < -0.39 is 10.0 Å². The summed E-state index contributed by atoms with van der Waals surface area (Å²) in [4.78, 5) is 12.6. The molecule has 2 aromatic carbocycles. The van der Waals surface area contributed by atoms with Crippen LogP contribution >= 0.6 is 0 Å². The van der Waals surface area contributed by atoms with Crippen LogP contribution < -0.4 is 9.62 Å². The molecule has 0 aliphatic carbocycles. The lowest BCUT2D eigenvalue weighted by Crippen LogP contribution is -2.41. The highest BCUT2D eigenvalue weighted by atomic mass is 32.2. The van der Waals surface area contributed by atoms with E-state index in [1.54, 1.807) is 12.1 Å². The van der Waals surface area contributed by atoms with E-state index in [0.717, 1.165) is 34.1 Å². The SMILES string of the molecule is Cc1ccc(C)c(C(C)NC(=O)CN(c2cccc(C)c2C)S(C)(=O)=O)c1. The molecule has 0 saturated heterocycles. The van der Waals surface area contributed by atoms with Gasteiger partial charge in [0, 0.05) is 0 Å². The Morgan fingerprint density at radius 2 is 1.74 bits per heavy atom. The van der Waals surface area contributed by atoms with Crippen molar-refractivity contribution >= 4 is 21.6 Å². The number of anilines is 1. The lowest BCUT2D eigenvalue weighted by atomic mass is 10.00. The van der Waals surface area contributed by atoms with Crippen LogP contribution in [0.3, 0.4) is 0 Å². The van der Waals surface area contributed by atoms with Crippen molar-refractivity contribution < 1.29 is 13.2 Å². The van der Waals surface area contributed by atoms with E-state index in [9.17, 15) is 13.2 Å². The Balaban J connectivity index is 2.24. The van der Waals surface area contributed by atoms with Crippen LogP contribution in [0.5, 0.6) is 0 Å². The summed E-state index contributed by atoms with van der Waals surface area (Å²) in [7, 11) is -3.60. The van der Waals surface area contributed by atoms with Gasteiger partial charge in [-0.15, -0.1) is 0 Å². The largest absolute Gasteiger partial charge is 0.348 e. The molecule has 0 aliphatic rings. The number of nitrogens with zero attached hydrogens (tertiary/aromatic N) is 1. The molecule has 0 radical (unpaired) electrons. The van der Waals surface area contributed by atoms with E-state index in [4.69, 9.17) is 0 Å². The molecule has 0 saturated carbocycles. The third-order valence-electron chi connectivity index (χ3n) is 4.81. The summed E-state index contributed by atoms with van der Waals surface area (Å²) in [6.45, 7) is 9.43. The highest BCUT2D eigenvalue weighted by Crippen LogP contribution is 2.25. The molecule has 0 heterocycles. The Labute approximate surface area is 162 Å². The fraction of sp³-hybridized carbons (Fsp3) is 0.381. The van der Waals surface area contributed by atoms with Crippen LogP contribution in [0, 0.1) is 27.7 Å². The Hall–Kier alpha value is -2.34. The Morgan fingerprint density at radius 3 is 2.37 bits per heavy atom. The first-order chi connectivity index (χ1) is 12.5. The van der Waals surface area contributed by atoms with Gasteiger partial charge in [0.15, 0.2) is 0 Å². The van der Waals surface area contributed by atoms with Gasteiger partial charge in [0.1, 0.15) is 6.54 Å². The second-order valence-electron chi connectivity index (χ2n) is 7.14. The first-order valence-electron chi connectivity index (χ1n) is 8.91. The number of amides is 1. The van der Waals surface area contributed by atoms with Crippen LogP contribution in [0.25, 0.3) is 0 Å². The minimum absolute atomic E-state index is 0.211. The smallest absolute Gasteiger partial charge is 0.241 e. The number of carbonyl (C=O) groups excluding carboxylic acids is 1. The summed E-state index contributed by atoms with van der Waals surface area (Å²) in [6.07, 6.45) is 1.12. The molecule has 1 atom stereocenters. The van der Waals surface area contributed by atoms with Crippen molar-refractivity contribution in [2.45, 2.75) is 40.7 Å². The van der Waals surface area contributed by atoms with Gasteiger partial charge in [0.25, 0.3) is 0 Å². The standard InChI is InChI=1S/C21H28N2O3S/c1-14-10-11-16(3)19(12-14)18(5)22-21(24)13-23(27(6,25)26)20-9-7-8-15(2)17(20)4/h7-12,18H,13H2,1-6H3,(H,22,24). The van der Waals surface area contributed by atoms with Crippen LogP contribution in [-0.4, -0.2) is 27.1 Å². The number of rotatable bonds is 6. The molecule has 0 aliphatic heterocycles. The molecule has 5 nitrogen and oxygen atoms in total. The minimum Gasteiger partial charge on any atom is -0.348 e. The Bertz CT molecular complexity index is 952. The predicted octanol–water partition coefficient (Wildman–Crippen LogP) is 3.56. The zero-order valence-electron chi connectivity index (χ0n) is 16.8.